The molecule has 16 heavy (non-hydrogen) atoms. The van der Waals surface area contributed by atoms with Crippen LogP contribution in [0, 0.1) is 11.8 Å². The van der Waals surface area contributed by atoms with Gasteiger partial charge in [-0.1, -0.05) is 34.1 Å². The Morgan fingerprint density at radius 2 is 1.38 bits per heavy atom. The van der Waals surface area contributed by atoms with Crippen LogP contribution >= 0.6 is 0 Å². The first kappa shape index (κ1) is 15.9. The summed E-state index contributed by atoms with van der Waals surface area (Å²) in [7, 11) is 0. The number of nitrogens with two attached hydrogens (primary N) is 1. The van der Waals surface area contributed by atoms with E-state index in [2.05, 4.69) is 39.5 Å². The van der Waals surface area contributed by atoms with Crippen LogP contribution in [-0.2, 0) is 0 Å². The van der Waals surface area contributed by atoms with Crippen molar-refractivity contribution in [2.75, 3.05) is 19.6 Å². The Hall–Kier alpha value is -0.0800. The molecule has 2 N–H and O–H groups in total. The van der Waals surface area contributed by atoms with Gasteiger partial charge in [-0.25, -0.2) is 0 Å². The van der Waals surface area contributed by atoms with E-state index in [1.165, 1.54) is 32.5 Å². The minimum absolute atomic E-state index is 0.364. The topological polar surface area (TPSA) is 29.3 Å². The normalized spacial score (nSPS) is 14.1. The van der Waals surface area contributed by atoms with Crippen LogP contribution in [0.2, 0.25) is 0 Å². The van der Waals surface area contributed by atoms with Gasteiger partial charge in [0.2, 0.25) is 0 Å². The number of nitrogens with zero attached hydrogens (tertiary/aromatic N) is 1. The molecule has 0 fully saturated rings. The highest BCUT2D eigenvalue weighted by Gasteiger charge is 2.08. The molecule has 1 atom stereocenters. The Kier molecular flexibility index (Phi) is 8.96. The molecule has 0 amide bonds. The number of hydrogen-bond acceptors (Lipinski definition) is 2. The van der Waals surface area contributed by atoms with E-state index in [0.717, 1.165) is 18.3 Å². The molecule has 0 rings (SSSR count). The van der Waals surface area contributed by atoms with E-state index in [-0.39, 0.29) is 0 Å². The lowest BCUT2D eigenvalue weighted by molar-refractivity contribution is 0.214. The maximum absolute atomic E-state index is 5.76. The summed E-state index contributed by atoms with van der Waals surface area (Å²) in [4.78, 5) is 2.61. The Morgan fingerprint density at radius 1 is 0.875 bits per heavy atom. The molecule has 0 spiro atoms. The average molecular weight is 228 g/mol. The van der Waals surface area contributed by atoms with Crippen molar-refractivity contribution in [3.8, 4) is 0 Å². The minimum atomic E-state index is 0.364. The van der Waals surface area contributed by atoms with E-state index in [1.54, 1.807) is 0 Å². The third-order valence-electron chi connectivity index (χ3n) is 2.63. The van der Waals surface area contributed by atoms with Gasteiger partial charge in [-0.3, -0.25) is 0 Å². The van der Waals surface area contributed by atoms with E-state index in [0.29, 0.717) is 6.04 Å². The van der Waals surface area contributed by atoms with Gasteiger partial charge in [0.1, 0.15) is 0 Å². The highest BCUT2D eigenvalue weighted by Crippen LogP contribution is 2.07. The fourth-order valence-electron chi connectivity index (χ4n) is 2.09. The van der Waals surface area contributed by atoms with Crippen LogP contribution < -0.4 is 5.73 Å². The highest BCUT2D eigenvalue weighted by molar-refractivity contribution is 4.63. The zero-order chi connectivity index (χ0) is 12.6. The van der Waals surface area contributed by atoms with Crippen molar-refractivity contribution in [2.24, 2.45) is 17.6 Å². The van der Waals surface area contributed by atoms with Gasteiger partial charge in [0.15, 0.2) is 0 Å². The molecule has 0 aromatic rings. The number of hydrogen-bond donors (Lipinski definition) is 1. The Morgan fingerprint density at radius 3 is 1.75 bits per heavy atom. The molecule has 2 nitrogen and oxygen atoms in total. The molecule has 0 aromatic carbocycles. The zero-order valence-electron chi connectivity index (χ0n) is 12.0. The lowest BCUT2D eigenvalue weighted by Crippen LogP contribution is -2.32. The van der Waals surface area contributed by atoms with E-state index < -0.39 is 0 Å². The molecule has 0 saturated carbocycles. The number of unbranched alkanes of at least 4 members (excludes halogenated alkanes) is 1. The summed E-state index contributed by atoms with van der Waals surface area (Å²) in [6, 6.07) is 0.364. The van der Waals surface area contributed by atoms with E-state index >= 15 is 0 Å². The summed E-state index contributed by atoms with van der Waals surface area (Å²) in [6.45, 7) is 15.0. The minimum Gasteiger partial charge on any atom is -0.328 e. The fourth-order valence-corrected chi connectivity index (χ4v) is 2.09. The SMILES string of the molecule is CC(C)CN(CCCCC(C)N)CC(C)C. The van der Waals surface area contributed by atoms with Gasteiger partial charge >= 0.3 is 0 Å². The van der Waals surface area contributed by atoms with Gasteiger partial charge in [-0.05, 0) is 38.1 Å². The first-order valence-corrected chi connectivity index (χ1v) is 6.89. The standard InChI is InChI=1S/C14H32N2/c1-12(2)10-16(11-13(3)4)9-7-6-8-14(5)15/h12-14H,6-11,15H2,1-5H3. The molecule has 0 aliphatic heterocycles. The van der Waals surface area contributed by atoms with Crippen LogP contribution in [0.25, 0.3) is 0 Å². The Labute approximate surface area is 103 Å². The molecule has 0 aliphatic rings. The van der Waals surface area contributed by atoms with Crippen LogP contribution in [0.4, 0.5) is 0 Å². The molecule has 0 saturated heterocycles. The molecule has 0 heterocycles. The second kappa shape index (κ2) is 9.00. The Balaban J connectivity index is 3.73. The smallest absolute Gasteiger partial charge is 0.00104 e. The van der Waals surface area contributed by atoms with Crippen LogP contribution in [0.15, 0.2) is 0 Å². The summed E-state index contributed by atoms with van der Waals surface area (Å²) in [5.74, 6) is 1.54. The molecular weight excluding hydrogens is 196 g/mol. The van der Waals surface area contributed by atoms with Crippen molar-refractivity contribution in [3.05, 3.63) is 0 Å². The molecule has 0 aromatic heterocycles. The average Bonchev–Trinajstić information content (AvgIpc) is 2.09. The van der Waals surface area contributed by atoms with Crippen molar-refractivity contribution in [3.63, 3.8) is 0 Å². The monoisotopic (exact) mass is 228 g/mol. The lowest BCUT2D eigenvalue weighted by Gasteiger charge is -2.26. The number of rotatable bonds is 9. The third kappa shape index (κ3) is 10.4. The predicted molar refractivity (Wildman–Crippen MR) is 73.6 cm³/mol. The van der Waals surface area contributed by atoms with Gasteiger partial charge in [0.25, 0.3) is 0 Å². The van der Waals surface area contributed by atoms with Gasteiger partial charge in [-0.2, -0.15) is 0 Å². The quantitative estimate of drug-likeness (QED) is 0.614. The maximum atomic E-state index is 5.76. The van der Waals surface area contributed by atoms with E-state index in [9.17, 15) is 0 Å². The molecule has 1 unspecified atom stereocenters. The zero-order valence-corrected chi connectivity index (χ0v) is 12.0. The van der Waals surface area contributed by atoms with Gasteiger partial charge in [0, 0.05) is 19.1 Å². The molecule has 0 radical (unpaired) electrons. The summed E-state index contributed by atoms with van der Waals surface area (Å²) >= 11 is 0. The Bertz CT molecular complexity index is 143. The van der Waals surface area contributed by atoms with Crippen molar-refractivity contribution in [2.45, 2.75) is 59.9 Å². The third-order valence-corrected chi connectivity index (χ3v) is 2.63. The van der Waals surface area contributed by atoms with Crippen molar-refractivity contribution >= 4 is 0 Å². The summed E-state index contributed by atoms with van der Waals surface area (Å²) in [5, 5.41) is 0. The molecular formula is C14H32N2. The second-order valence-corrected chi connectivity index (χ2v) is 6.02. The largest absolute Gasteiger partial charge is 0.328 e. The first-order valence-electron chi connectivity index (χ1n) is 6.89. The first-order chi connectivity index (χ1) is 7.41. The van der Waals surface area contributed by atoms with Crippen molar-refractivity contribution in [1.82, 2.24) is 4.90 Å². The summed E-state index contributed by atoms with van der Waals surface area (Å²) in [6.07, 6.45) is 3.72. The summed E-state index contributed by atoms with van der Waals surface area (Å²) < 4.78 is 0. The fraction of sp³-hybridized carbons (Fsp3) is 1.00. The van der Waals surface area contributed by atoms with Gasteiger partial charge < -0.3 is 10.6 Å². The van der Waals surface area contributed by atoms with Crippen LogP contribution in [0.5, 0.6) is 0 Å². The van der Waals surface area contributed by atoms with Crippen LogP contribution in [-0.4, -0.2) is 30.6 Å². The molecule has 0 aliphatic carbocycles. The molecule has 2 heteroatoms. The van der Waals surface area contributed by atoms with Crippen molar-refractivity contribution in [1.29, 1.82) is 0 Å². The van der Waals surface area contributed by atoms with Crippen LogP contribution in [0.1, 0.15) is 53.9 Å². The highest BCUT2D eigenvalue weighted by atomic mass is 15.1. The summed E-state index contributed by atoms with van der Waals surface area (Å²) in [5.41, 5.74) is 5.76. The molecule has 98 valence electrons. The van der Waals surface area contributed by atoms with E-state index in [1.807, 2.05) is 0 Å². The second-order valence-electron chi connectivity index (χ2n) is 6.02. The molecule has 0 bridgehead atoms. The lowest BCUT2D eigenvalue weighted by atomic mass is 10.1. The van der Waals surface area contributed by atoms with Crippen molar-refractivity contribution < 1.29 is 0 Å². The maximum Gasteiger partial charge on any atom is 0.00104 e. The van der Waals surface area contributed by atoms with Crippen LogP contribution in [0.3, 0.4) is 0 Å². The van der Waals surface area contributed by atoms with Gasteiger partial charge in [-0.15, -0.1) is 0 Å². The predicted octanol–water partition coefficient (Wildman–Crippen LogP) is 3.12. The van der Waals surface area contributed by atoms with Gasteiger partial charge in [0.05, 0.1) is 0 Å². The van der Waals surface area contributed by atoms with E-state index in [4.69, 9.17) is 5.73 Å².